The minimum atomic E-state index is -0.409. The van der Waals surface area contributed by atoms with Crippen molar-refractivity contribution in [3.63, 3.8) is 0 Å². The zero-order chi connectivity index (χ0) is 19.3. The lowest BCUT2D eigenvalue weighted by Gasteiger charge is -2.36. The molecule has 0 saturated carbocycles. The van der Waals surface area contributed by atoms with Crippen molar-refractivity contribution in [3.05, 3.63) is 56.3 Å². The Balaban J connectivity index is 2.00. The van der Waals surface area contributed by atoms with Crippen molar-refractivity contribution < 1.29 is 9.59 Å². The van der Waals surface area contributed by atoms with Crippen molar-refractivity contribution in [2.45, 2.75) is 39.7 Å². The summed E-state index contributed by atoms with van der Waals surface area (Å²) in [6.45, 7) is 5.80. The van der Waals surface area contributed by atoms with Crippen LogP contribution in [-0.2, 0) is 9.59 Å². The summed E-state index contributed by atoms with van der Waals surface area (Å²) in [6, 6.07) is 11.3. The van der Waals surface area contributed by atoms with E-state index in [-0.39, 0.29) is 17.1 Å². The van der Waals surface area contributed by atoms with Gasteiger partial charge in [0.05, 0.1) is 15.2 Å². The summed E-state index contributed by atoms with van der Waals surface area (Å²) in [5.74, 6) is 0.0347. The van der Waals surface area contributed by atoms with Crippen LogP contribution in [0.15, 0.2) is 51.5 Å². The fraction of sp³-hybridized carbons (Fsp3) is 0.333. The minimum Gasteiger partial charge on any atom is -0.357 e. The maximum Gasteiger partial charge on any atom is 0.224 e. The van der Waals surface area contributed by atoms with Crippen LogP contribution in [0.5, 0.6) is 0 Å². The Kier molecular flexibility index (Phi) is 4.51. The van der Waals surface area contributed by atoms with Gasteiger partial charge in [-0.05, 0) is 52.0 Å². The molecule has 4 rings (SSSR count). The van der Waals surface area contributed by atoms with Crippen molar-refractivity contribution in [1.82, 2.24) is 0 Å². The predicted molar refractivity (Wildman–Crippen MR) is 113 cm³/mol. The van der Waals surface area contributed by atoms with Crippen LogP contribution in [0.1, 0.15) is 44.5 Å². The number of fused-ring (bicyclic) bond motifs is 1. The topological polar surface area (TPSA) is 49.4 Å². The summed E-state index contributed by atoms with van der Waals surface area (Å²) >= 11 is 5.09. The molecule has 4 nitrogen and oxygen atoms in total. The number of Topliss-reactive ketones (excluding diaryl/α,β-unsaturated/α-hetero) is 1. The molecule has 1 aromatic carbocycles. The van der Waals surface area contributed by atoms with Gasteiger partial charge < -0.3 is 5.32 Å². The SMILES string of the molecule is CC(=O)N1c2ccccc2NC2=C(C(=O)CC(C)(C)C2)C1c1ccc(Br)s1. The lowest BCUT2D eigenvalue weighted by atomic mass is 9.74. The van der Waals surface area contributed by atoms with Crippen LogP contribution in [0.25, 0.3) is 0 Å². The zero-order valence-electron chi connectivity index (χ0n) is 15.5. The summed E-state index contributed by atoms with van der Waals surface area (Å²) in [7, 11) is 0. The molecule has 0 saturated heterocycles. The van der Waals surface area contributed by atoms with E-state index in [1.807, 2.05) is 36.4 Å². The second-order valence-electron chi connectivity index (χ2n) is 7.91. The largest absolute Gasteiger partial charge is 0.357 e. The Labute approximate surface area is 171 Å². The van der Waals surface area contributed by atoms with Crippen LogP contribution >= 0.6 is 27.3 Å². The number of hydrogen-bond acceptors (Lipinski definition) is 4. The number of benzene rings is 1. The lowest BCUT2D eigenvalue weighted by Crippen LogP contribution is -2.38. The standard InChI is InChI=1S/C21H21BrN2O2S/c1-12(25)24-15-7-5-4-6-13(15)23-14-10-21(2,3)11-16(26)19(14)20(24)17-8-9-18(22)27-17/h4-9,20,23H,10-11H2,1-3H3. The van der Waals surface area contributed by atoms with E-state index in [9.17, 15) is 9.59 Å². The molecule has 0 spiro atoms. The average Bonchev–Trinajstić information content (AvgIpc) is 2.93. The maximum atomic E-state index is 13.3. The first kappa shape index (κ1) is 18.4. The van der Waals surface area contributed by atoms with Crippen LogP contribution < -0.4 is 10.2 Å². The number of ketones is 1. The highest BCUT2D eigenvalue weighted by atomic mass is 79.9. The number of allylic oxidation sites excluding steroid dienone is 1. The first-order chi connectivity index (χ1) is 12.8. The van der Waals surface area contributed by atoms with E-state index in [0.29, 0.717) is 6.42 Å². The van der Waals surface area contributed by atoms with E-state index < -0.39 is 6.04 Å². The van der Waals surface area contributed by atoms with Crippen molar-refractivity contribution in [2.75, 3.05) is 10.2 Å². The van der Waals surface area contributed by atoms with Crippen molar-refractivity contribution in [1.29, 1.82) is 0 Å². The van der Waals surface area contributed by atoms with E-state index in [4.69, 9.17) is 0 Å². The number of para-hydroxylation sites is 2. The van der Waals surface area contributed by atoms with Crippen molar-refractivity contribution in [2.24, 2.45) is 5.41 Å². The number of carbonyl (C=O) groups excluding carboxylic acids is 2. The minimum absolute atomic E-state index is 0.0786. The fourth-order valence-electron chi connectivity index (χ4n) is 4.08. The van der Waals surface area contributed by atoms with Gasteiger partial charge in [0.2, 0.25) is 5.91 Å². The van der Waals surface area contributed by atoms with Crippen LogP contribution in [0.4, 0.5) is 11.4 Å². The van der Waals surface area contributed by atoms with Gasteiger partial charge in [-0.15, -0.1) is 11.3 Å². The molecule has 1 aliphatic heterocycles. The molecule has 2 heterocycles. The van der Waals surface area contributed by atoms with Crippen molar-refractivity contribution >= 4 is 50.3 Å². The summed E-state index contributed by atoms with van der Waals surface area (Å²) in [5.41, 5.74) is 3.21. The van der Waals surface area contributed by atoms with Gasteiger partial charge in [-0.25, -0.2) is 0 Å². The zero-order valence-corrected chi connectivity index (χ0v) is 17.9. The number of halogens is 1. The molecule has 0 radical (unpaired) electrons. The normalized spacial score (nSPS) is 21.3. The summed E-state index contributed by atoms with van der Waals surface area (Å²) < 4.78 is 0.984. The molecule has 2 aromatic rings. The molecule has 1 amide bonds. The van der Waals surface area contributed by atoms with Gasteiger partial charge in [0.1, 0.15) is 6.04 Å². The number of nitrogens with one attached hydrogen (secondary N) is 1. The lowest BCUT2D eigenvalue weighted by molar-refractivity contribution is -0.118. The van der Waals surface area contributed by atoms with Crippen LogP contribution in [-0.4, -0.2) is 11.7 Å². The predicted octanol–water partition coefficient (Wildman–Crippen LogP) is 5.67. The highest BCUT2D eigenvalue weighted by Gasteiger charge is 2.42. The Hall–Kier alpha value is -1.92. The second kappa shape index (κ2) is 6.60. The van der Waals surface area contributed by atoms with Gasteiger partial charge in [-0.1, -0.05) is 26.0 Å². The maximum absolute atomic E-state index is 13.3. The molecule has 6 heteroatoms. The Morgan fingerprint density at radius 1 is 1.22 bits per heavy atom. The smallest absolute Gasteiger partial charge is 0.224 e. The van der Waals surface area contributed by atoms with E-state index in [2.05, 4.69) is 35.1 Å². The van der Waals surface area contributed by atoms with E-state index in [1.54, 1.807) is 23.2 Å². The third kappa shape index (κ3) is 3.25. The number of thiophene rings is 1. The van der Waals surface area contributed by atoms with Gasteiger partial charge in [0.25, 0.3) is 0 Å². The third-order valence-electron chi connectivity index (χ3n) is 5.10. The quantitative estimate of drug-likeness (QED) is 0.615. The van der Waals surface area contributed by atoms with Crippen LogP contribution in [0.3, 0.4) is 0 Å². The number of nitrogens with zero attached hydrogens (tertiary/aromatic N) is 1. The Morgan fingerprint density at radius 2 is 1.96 bits per heavy atom. The highest BCUT2D eigenvalue weighted by Crippen LogP contribution is 2.49. The number of amides is 1. The van der Waals surface area contributed by atoms with Gasteiger partial charge >= 0.3 is 0 Å². The summed E-state index contributed by atoms with van der Waals surface area (Å²) in [5, 5.41) is 3.50. The third-order valence-corrected chi connectivity index (χ3v) is 6.78. The molecule has 1 unspecified atom stereocenters. The summed E-state index contributed by atoms with van der Waals surface area (Å²) in [4.78, 5) is 28.8. The highest BCUT2D eigenvalue weighted by molar-refractivity contribution is 9.11. The fourth-order valence-corrected chi connectivity index (χ4v) is 5.60. The average molecular weight is 445 g/mol. The number of carbonyl (C=O) groups is 2. The molecule has 0 bridgehead atoms. The molecule has 27 heavy (non-hydrogen) atoms. The van der Waals surface area contributed by atoms with Crippen molar-refractivity contribution in [3.8, 4) is 0 Å². The molecule has 2 aliphatic rings. The molecule has 1 atom stereocenters. The molecular formula is C21H21BrN2O2S. The first-order valence-corrected chi connectivity index (χ1v) is 10.5. The number of anilines is 2. The van der Waals surface area contributed by atoms with Gasteiger partial charge in [-0.3, -0.25) is 14.5 Å². The number of rotatable bonds is 1. The van der Waals surface area contributed by atoms with E-state index in [1.165, 1.54) is 0 Å². The molecule has 1 aliphatic carbocycles. The second-order valence-corrected chi connectivity index (χ2v) is 10.4. The van der Waals surface area contributed by atoms with E-state index in [0.717, 1.165) is 37.7 Å². The van der Waals surface area contributed by atoms with Crippen LogP contribution in [0.2, 0.25) is 0 Å². The summed E-state index contributed by atoms with van der Waals surface area (Å²) in [6.07, 6.45) is 1.26. The van der Waals surface area contributed by atoms with Gasteiger partial charge in [-0.2, -0.15) is 0 Å². The van der Waals surface area contributed by atoms with Gasteiger partial charge in [0, 0.05) is 29.5 Å². The molecule has 1 aromatic heterocycles. The molecular weight excluding hydrogens is 424 g/mol. The molecule has 140 valence electrons. The van der Waals surface area contributed by atoms with E-state index >= 15 is 0 Å². The van der Waals surface area contributed by atoms with Gasteiger partial charge in [0.15, 0.2) is 5.78 Å². The molecule has 1 N–H and O–H groups in total. The number of hydrogen-bond donors (Lipinski definition) is 1. The first-order valence-electron chi connectivity index (χ1n) is 8.94. The monoisotopic (exact) mass is 444 g/mol. The molecule has 0 fully saturated rings. The Bertz CT molecular complexity index is 976. The Morgan fingerprint density at radius 3 is 2.63 bits per heavy atom. The van der Waals surface area contributed by atoms with Crippen LogP contribution in [0, 0.1) is 5.41 Å².